The Morgan fingerprint density at radius 2 is 2.00 bits per heavy atom. The van der Waals surface area contributed by atoms with Gasteiger partial charge in [-0.15, -0.1) is 0 Å². The third-order valence-corrected chi connectivity index (χ3v) is 1.49. The van der Waals surface area contributed by atoms with Gasteiger partial charge < -0.3 is 0 Å². The van der Waals surface area contributed by atoms with Gasteiger partial charge in [0.25, 0.3) is 0 Å². The highest BCUT2D eigenvalue weighted by Gasteiger charge is 1.94. The smallest absolute Gasteiger partial charge is 0.0627 e. The first kappa shape index (κ1) is 10.2. The minimum absolute atomic E-state index is 0.416. The largest absolute Gasteiger partial charge is 0.198 e. The molecule has 0 bridgehead atoms. The predicted molar refractivity (Wildman–Crippen MR) is 48.0 cm³/mol. The Morgan fingerprint density at radius 3 is 2.45 bits per heavy atom. The topological polar surface area (TPSA) is 23.8 Å². The Balaban J connectivity index is 3.49. The molecule has 0 aromatic heterocycles. The van der Waals surface area contributed by atoms with E-state index in [1.165, 1.54) is 0 Å². The second-order valence-corrected chi connectivity index (χ2v) is 3.40. The van der Waals surface area contributed by atoms with E-state index in [1.807, 2.05) is 0 Å². The first-order chi connectivity index (χ1) is 5.16. The van der Waals surface area contributed by atoms with Crippen molar-refractivity contribution in [2.75, 3.05) is 0 Å². The van der Waals surface area contributed by atoms with Crippen molar-refractivity contribution in [2.45, 2.75) is 33.6 Å². The molecule has 11 heavy (non-hydrogen) atoms. The molecule has 1 unspecified atom stereocenters. The summed E-state index contributed by atoms with van der Waals surface area (Å²) in [7, 11) is 0. The molecule has 62 valence electrons. The standard InChI is InChI=1S/C10H17N/c1-9(2)5-4-6-10(3)7-8-11/h4,6,9-10H,5,7H2,1-3H3. The van der Waals surface area contributed by atoms with E-state index in [0.717, 1.165) is 12.3 Å². The fraction of sp³-hybridized carbons (Fsp3) is 0.700. The van der Waals surface area contributed by atoms with E-state index in [4.69, 9.17) is 5.26 Å². The highest BCUT2D eigenvalue weighted by molar-refractivity contribution is 4.91. The minimum Gasteiger partial charge on any atom is -0.198 e. The molecule has 0 aliphatic heterocycles. The van der Waals surface area contributed by atoms with Crippen molar-refractivity contribution < 1.29 is 0 Å². The maximum absolute atomic E-state index is 8.36. The molecule has 0 heterocycles. The lowest BCUT2D eigenvalue weighted by Gasteiger charge is -1.99. The van der Waals surface area contributed by atoms with E-state index < -0.39 is 0 Å². The van der Waals surface area contributed by atoms with Crippen molar-refractivity contribution in [3.63, 3.8) is 0 Å². The molecule has 1 nitrogen and oxygen atoms in total. The van der Waals surface area contributed by atoms with E-state index in [-0.39, 0.29) is 0 Å². The van der Waals surface area contributed by atoms with Crippen LogP contribution >= 0.6 is 0 Å². The lowest BCUT2D eigenvalue weighted by molar-refractivity contribution is 0.655. The molecule has 0 spiro atoms. The fourth-order valence-corrected chi connectivity index (χ4v) is 0.795. The Bertz CT molecular complexity index is 151. The van der Waals surface area contributed by atoms with Gasteiger partial charge in [0.2, 0.25) is 0 Å². The van der Waals surface area contributed by atoms with Crippen LogP contribution in [0.1, 0.15) is 33.6 Å². The number of hydrogen-bond donors (Lipinski definition) is 0. The summed E-state index contributed by atoms with van der Waals surface area (Å²) in [5.74, 6) is 1.14. The normalized spacial score (nSPS) is 13.7. The van der Waals surface area contributed by atoms with Gasteiger partial charge in [-0.3, -0.25) is 0 Å². The molecule has 0 radical (unpaired) electrons. The van der Waals surface area contributed by atoms with Crippen LogP contribution in [0.15, 0.2) is 12.2 Å². The summed E-state index contributed by atoms with van der Waals surface area (Å²) in [6.45, 7) is 6.46. The monoisotopic (exact) mass is 151 g/mol. The molecule has 1 atom stereocenters. The molecule has 0 aromatic rings. The molecule has 0 fully saturated rings. The molecular formula is C10H17N. The number of hydrogen-bond acceptors (Lipinski definition) is 1. The molecule has 0 aromatic carbocycles. The Kier molecular flexibility index (Phi) is 5.56. The van der Waals surface area contributed by atoms with Crippen molar-refractivity contribution in [2.24, 2.45) is 11.8 Å². The van der Waals surface area contributed by atoms with Crippen LogP contribution in [0.3, 0.4) is 0 Å². The first-order valence-corrected chi connectivity index (χ1v) is 4.20. The maximum atomic E-state index is 8.36. The number of allylic oxidation sites excluding steroid dienone is 2. The number of nitrogens with zero attached hydrogens (tertiary/aromatic N) is 1. The SMILES string of the molecule is CC(C)CC=CC(C)CC#N. The van der Waals surface area contributed by atoms with Gasteiger partial charge in [0.15, 0.2) is 0 Å². The molecule has 0 N–H and O–H groups in total. The molecule has 0 aliphatic carbocycles. The predicted octanol–water partition coefficient (Wildman–Crippen LogP) is 3.14. The molecular weight excluding hydrogens is 134 g/mol. The van der Waals surface area contributed by atoms with Crippen LogP contribution in [-0.4, -0.2) is 0 Å². The summed E-state index contributed by atoms with van der Waals surface area (Å²) in [5.41, 5.74) is 0. The van der Waals surface area contributed by atoms with Crippen LogP contribution < -0.4 is 0 Å². The van der Waals surface area contributed by atoms with E-state index in [9.17, 15) is 0 Å². The third kappa shape index (κ3) is 7.12. The quantitative estimate of drug-likeness (QED) is 0.566. The van der Waals surface area contributed by atoms with Gasteiger partial charge >= 0.3 is 0 Å². The third-order valence-electron chi connectivity index (χ3n) is 1.49. The van der Waals surface area contributed by atoms with Gasteiger partial charge in [0, 0.05) is 6.42 Å². The van der Waals surface area contributed by atoms with Gasteiger partial charge in [-0.1, -0.05) is 32.9 Å². The molecule has 0 aliphatic rings. The lowest BCUT2D eigenvalue weighted by Crippen LogP contribution is -1.87. The Labute approximate surface area is 69.7 Å². The van der Waals surface area contributed by atoms with Crippen LogP contribution in [0.4, 0.5) is 0 Å². The van der Waals surface area contributed by atoms with Crippen LogP contribution in [0, 0.1) is 23.2 Å². The summed E-state index contributed by atoms with van der Waals surface area (Å²) in [4.78, 5) is 0. The zero-order valence-electron chi connectivity index (χ0n) is 7.67. The Hall–Kier alpha value is -0.770. The lowest BCUT2D eigenvalue weighted by atomic mass is 10.1. The average molecular weight is 151 g/mol. The first-order valence-electron chi connectivity index (χ1n) is 4.20. The second-order valence-electron chi connectivity index (χ2n) is 3.40. The zero-order valence-corrected chi connectivity index (χ0v) is 7.67. The highest BCUT2D eigenvalue weighted by atomic mass is 14.2. The Morgan fingerprint density at radius 1 is 1.36 bits per heavy atom. The van der Waals surface area contributed by atoms with E-state index in [1.54, 1.807) is 0 Å². The summed E-state index contributed by atoms with van der Waals surface area (Å²) in [6.07, 6.45) is 6.06. The van der Waals surface area contributed by atoms with Crippen LogP contribution in [0.25, 0.3) is 0 Å². The number of rotatable bonds is 4. The fourth-order valence-electron chi connectivity index (χ4n) is 0.795. The van der Waals surface area contributed by atoms with E-state index >= 15 is 0 Å². The van der Waals surface area contributed by atoms with Crippen molar-refractivity contribution in [3.8, 4) is 6.07 Å². The van der Waals surface area contributed by atoms with Gasteiger partial charge in [-0.25, -0.2) is 0 Å². The molecule has 0 saturated carbocycles. The maximum Gasteiger partial charge on any atom is 0.0627 e. The second kappa shape index (κ2) is 5.97. The highest BCUT2D eigenvalue weighted by Crippen LogP contribution is 2.06. The van der Waals surface area contributed by atoms with Crippen molar-refractivity contribution in [1.29, 1.82) is 5.26 Å². The van der Waals surface area contributed by atoms with Crippen molar-refractivity contribution >= 4 is 0 Å². The number of nitriles is 1. The molecule has 0 saturated heterocycles. The van der Waals surface area contributed by atoms with Crippen LogP contribution in [0.2, 0.25) is 0 Å². The summed E-state index contributed by atoms with van der Waals surface area (Å²) >= 11 is 0. The van der Waals surface area contributed by atoms with E-state index in [0.29, 0.717) is 12.3 Å². The average Bonchev–Trinajstić information content (AvgIpc) is 1.87. The van der Waals surface area contributed by atoms with E-state index in [2.05, 4.69) is 39.0 Å². The van der Waals surface area contributed by atoms with Gasteiger partial charge in [0.1, 0.15) is 0 Å². The molecule has 0 rings (SSSR count). The summed E-state index contributed by atoms with van der Waals surface area (Å²) in [5, 5.41) is 8.36. The van der Waals surface area contributed by atoms with Gasteiger partial charge in [0.05, 0.1) is 6.07 Å². The van der Waals surface area contributed by atoms with Gasteiger partial charge in [-0.2, -0.15) is 5.26 Å². The van der Waals surface area contributed by atoms with Crippen molar-refractivity contribution in [3.05, 3.63) is 12.2 Å². The summed E-state index contributed by atoms with van der Waals surface area (Å²) < 4.78 is 0. The van der Waals surface area contributed by atoms with Crippen LogP contribution in [-0.2, 0) is 0 Å². The minimum atomic E-state index is 0.416. The van der Waals surface area contributed by atoms with Gasteiger partial charge in [-0.05, 0) is 18.3 Å². The summed E-state index contributed by atoms with van der Waals surface area (Å²) in [6, 6.07) is 2.15. The van der Waals surface area contributed by atoms with Crippen LogP contribution in [0.5, 0.6) is 0 Å². The van der Waals surface area contributed by atoms with Crippen molar-refractivity contribution in [1.82, 2.24) is 0 Å². The molecule has 0 amide bonds. The zero-order chi connectivity index (χ0) is 8.69. The molecule has 1 heteroatoms.